The van der Waals surface area contributed by atoms with Crippen molar-refractivity contribution in [2.24, 2.45) is 5.73 Å². The molecule has 0 bridgehead atoms. The van der Waals surface area contributed by atoms with Crippen LogP contribution in [0, 0.1) is 11.6 Å². The van der Waals surface area contributed by atoms with Gasteiger partial charge >= 0.3 is 0 Å². The Hall–Kier alpha value is -2.33. The van der Waals surface area contributed by atoms with E-state index in [0.717, 1.165) is 17.8 Å². The maximum atomic E-state index is 13.7. The second kappa shape index (κ2) is 8.81. The maximum absolute atomic E-state index is 13.7. The highest BCUT2D eigenvalue weighted by Gasteiger charge is 2.26. The monoisotopic (exact) mass is 454 g/mol. The van der Waals surface area contributed by atoms with E-state index < -0.39 is 34.2 Å². The molecule has 3 aromatic rings. The largest absolute Gasteiger partial charge is 0.372 e. The van der Waals surface area contributed by atoms with Crippen molar-refractivity contribution in [1.29, 1.82) is 0 Å². The average molecular weight is 455 g/mol. The standard InChI is InChI=1S/C20H21ClF2N4O2S/c1-20(2,29-3)16-9-30-19(27-16)15(8-24)26-18(28)14-5-4-13(25-14)10-6-11(22)17(21)12(23)7-10/h4-7,9,15,25H,8,24H2,1-3H3,(H,26,28)/t15-/m1/s1. The summed E-state index contributed by atoms with van der Waals surface area (Å²) in [5.41, 5.74) is 6.84. The van der Waals surface area contributed by atoms with Gasteiger partial charge in [-0.05, 0) is 38.1 Å². The van der Waals surface area contributed by atoms with E-state index in [1.54, 1.807) is 13.2 Å². The van der Waals surface area contributed by atoms with Crippen molar-refractivity contribution in [3.63, 3.8) is 0 Å². The Morgan fingerprint density at radius 1 is 1.37 bits per heavy atom. The van der Waals surface area contributed by atoms with E-state index in [1.165, 1.54) is 17.4 Å². The molecule has 0 aliphatic rings. The van der Waals surface area contributed by atoms with Gasteiger partial charge in [0.05, 0.1) is 11.7 Å². The molecule has 3 rings (SSSR count). The van der Waals surface area contributed by atoms with Crippen LogP contribution in [0.1, 0.15) is 41.1 Å². The summed E-state index contributed by atoms with van der Waals surface area (Å²) in [6.07, 6.45) is 0. The van der Waals surface area contributed by atoms with Gasteiger partial charge in [0, 0.05) is 30.3 Å². The smallest absolute Gasteiger partial charge is 0.268 e. The molecule has 1 atom stereocenters. The summed E-state index contributed by atoms with van der Waals surface area (Å²) in [7, 11) is 1.60. The summed E-state index contributed by atoms with van der Waals surface area (Å²) in [6.45, 7) is 3.93. The zero-order valence-electron chi connectivity index (χ0n) is 16.6. The third kappa shape index (κ3) is 4.54. The zero-order chi connectivity index (χ0) is 22.1. The molecule has 160 valence electrons. The Morgan fingerprint density at radius 3 is 2.63 bits per heavy atom. The van der Waals surface area contributed by atoms with Crippen molar-refractivity contribution in [2.45, 2.75) is 25.5 Å². The molecule has 0 saturated heterocycles. The molecular formula is C20H21ClF2N4O2S. The average Bonchev–Trinajstić information content (AvgIpc) is 3.40. The lowest BCUT2D eigenvalue weighted by molar-refractivity contribution is 0.0158. The summed E-state index contributed by atoms with van der Waals surface area (Å²) < 4.78 is 32.9. The Bertz CT molecular complexity index is 1040. The lowest BCUT2D eigenvalue weighted by Crippen LogP contribution is -2.33. The van der Waals surface area contributed by atoms with Crippen LogP contribution in [-0.2, 0) is 10.3 Å². The summed E-state index contributed by atoms with van der Waals surface area (Å²) in [4.78, 5) is 20.1. The van der Waals surface area contributed by atoms with Crippen molar-refractivity contribution in [1.82, 2.24) is 15.3 Å². The molecule has 2 heterocycles. The van der Waals surface area contributed by atoms with Crippen LogP contribution in [0.25, 0.3) is 11.3 Å². The van der Waals surface area contributed by atoms with Crippen molar-refractivity contribution >= 4 is 28.8 Å². The molecule has 10 heteroatoms. The Morgan fingerprint density at radius 2 is 2.03 bits per heavy atom. The molecule has 0 saturated carbocycles. The van der Waals surface area contributed by atoms with Gasteiger partial charge in [0.1, 0.15) is 33.0 Å². The van der Waals surface area contributed by atoms with Crippen molar-refractivity contribution in [3.8, 4) is 11.3 Å². The molecule has 30 heavy (non-hydrogen) atoms. The molecule has 0 fully saturated rings. The number of carbonyl (C=O) groups is 1. The normalized spacial score (nSPS) is 12.8. The summed E-state index contributed by atoms with van der Waals surface area (Å²) in [5.74, 6) is -2.18. The predicted octanol–water partition coefficient (Wildman–Crippen LogP) is 4.38. The van der Waals surface area contributed by atoms with Gasteiger partial charge in [0.2, 0.25) is 0 Å². The molecule has 1 amide bonds. The highest BCUT2D eigenvalue weighted by Crippen LogP contribution is 2.29. The third-order valence-electron chi connectivity index (χ3n) is 4.71. The minimum atomic E-state index is -0.881. The summed E-state index contributed by atoms with van der Waals surface area (Å²) in [5, 5.41) is 4.76. The number of nitrogens with one attached hydrogen (secondary N) is 2. The molecule has 6 nitrogen and oxygen atoms in total. The van der Waals surface area contributed by atoms with Crippen LogP contribution in [0.5, 0.6) is 0 Å². The first-order chi connectivity index (χ1) is 14.2. The van der Waals surface area contributed by atoms with Crippen LogP contribution < -0.4 is 11.1 Å². The van der Waals surface area contributed by atoms with Gasteiger partial charge in [-0.25, -0.2) is 13.8 Å². The minimum absolute atomic E-state index is 0.146. The number of aromatic amines is 1. The van der Waals surface area contributed by atoms with Gasteiger partial charge in [-0.15, -0.1) is 11.3 Å². The second-order valence-corrected chi connectivity index (χ2v) is 8.35. The number of benzene rings is 1. The molecule has 4 N–H and O–H groups in total. The number of nitrogens with zero attached hydrogens (tertiary/aromatic N) is 1. The van der Waals surface area contributed by atoms with Crippen molar-refractivity contribution < 1.29 is 18.3 Å². The molecule has 0 unspecified atom stereocenters. The summed E-state index contributed by atoms with van der Waals surface area (Å²) in [6, 6.07) is 4.76. The number of methoxy groups -OCH3 is 1. The van der Waals surface area contributed by atoms with Gasteiger partial charge in [-0.2, -0.15) is 0 Å². The highest BCUT2D eigenvalue weighted by atomic mass is 35.5. The number of nitrogens with two attached hydrogens (primary N) is 1. The number of halogens is 3. The molecular weight excluding hydrogens is 434 g/mol. The minimum Gasteiger partial charge on any atom is -0.372 e. The summed E-state index contributed by atoms with van der Waals surface area (Å²) >= 11 is 6.89. The molecule has 0 spiro atoms. The van der Waals surface area contributed by atoms with Gasteiger partial charge < -0.3 is 20.8 Å². The van der Waals surface area contributed by atoms with E-state index in [2.05, 4.69) is 15.3 Å². The molecule has 0 radical (unpaired) electrons. The number of rotatable bonds is 7. The van der Waals surface area contributed by atoms with E-state index in [1.807, 2.05) is 19.2 Å². The van der Waals surface area contributed by atoms with Crippen LogP contribution >= 0.6 is 22.9 Å². The van der Waals surface area contributed by atoms with E-state index in [-0.39, 0.29) is 17.8 Å². The van der Waals surface area contributed by atoms with E-state index in [4.69, 9.17) is 22.1 Å². The Balaban J connectivity index is 1.77. The van der Waals surface area contributed by atoms with Gasteiger partial charge in [-0.3, -0.25) is 4.79 Å². The number of amides is 1. The third-order valence-corrected chi connectivity index (χ3v) is 6.03. The first kappa shape index (κ1) is 22.4. The quantitative estimate of drug-likeness (QED) is 0.462. The topological polar surface area (TPSA) is 93.0 Å². The number of aromatic nitrogens is 2. The fourth-order valence-electron chi connectivity index (χ4n) is 2.69. The molecule has 0 aliphatic heterocycles. The lowest BCUT2D eigenvalue weighted by Gasteiger charge is -2.20. The zero-order valence-corrected chi connectivity index (χ0v) is 18.1. The fourth-order valence-corrected chi connectivity index (χ4v) is 3.84. The number of hydrogen-bond donors (Lipinski definition) is 3. The first-order valence-electron chi connectivity index (χ1n) is 9.02. The van der Waals surface area contributed by atoms with E-state index >= 15 is 0 Å². The molecule has 1 aromatic carbocycles. The maximum Gasteiger partial charge on any atom is 0.268 e. The number of carbonyl (C=O) groups excluding carboxylic acids is 1. The van der Waals surface area contributed by atoms with Crippen LogP contribution in [0.4, 0.5) is 8.78 Å². The van der Waals surface area contributed by atoms with Gasteiger partial charge in [0.25, 0.3) is 5.91 Å². The predicted molar refractivity (Wildman–Crippen MR) is 113 cm³/mol. The number of ether oxygens (including phenoxy) is 1. The van der Waals surface area contributed by atoms with Crippen LogP contribution in [-0.4, -0.2) is 29.5 Å². The van der Waals surface area contributed by atoms with Gasteiger partial charge in [-0.1, -0.05) is 11.6 Å². The van der Waals surface area contributed by atoms with E-state index in [0.29, 0.717) is 10.7 Å². The van der Waals surface area contributed by atoms with Crippen LogP contribution in [0.3, 0.4) is 0 Å². The van der Waals surface area contributed by atoms with Crippen molar-refractivity contribution in [3.05, 3.63) is 62.7 Å². The Labute approximate surface area is 181 Å². The van der Waals surface area contributed by atoms with Crippen LogP contribution in [0.2, 0.25) is 5.02 Å². The first-order valence-corrected chi connectivity index (χ1v) is 10.3. The number of thiazole rings is 1. The Kier molecular flexibility index (Phi) is 6.56. The highest BCUT2D eigenvalue weighted by molar-refractivity contribution is 7.09. The fraction of sp³-hybridized carbons (Fsp3) is 0.300. The van der Waals surface area contributed by atoms with Crippen LogP contribution in [0.15, 0.2) is 29.6 Å². The molecule has 2 aromatic heterocycles. The number of hydrogen-bond acceptors (Lipinski definition) is 5. The lowest BCUT2D eigenvalue weighted by atomic mass is 10.1. The number of H-pyrrole nitrogens is 1. The van der Waals surface area contributed by atoms with Gasteiger partial charge in [0.15, 0.2) is 0 Å². The second-order valence-electron chi connectivity index (χ2n) is 7.09. The van der Waals surface area contributed by atoms with Crippen molar-refractivity contribution in [2.75, 3.05) is 13.7 Å². The molecule has 0 aliphatic carbocycles. The van der Waals surface area contributed by atoms with E-state index in [9.17, 15) is 13.6 Å². The SMILES string of the molecule is COC(C)(C)c1csc([C@@H](CN)NC(=O)c2ccc(-c3cc(F)c(Cl)c(F)c3)[nH]2)n1.